The summed E-state index contributed by atoms with van der Waals surface area (Å²) in [6.45, 7) is 0. The van der Waals surface area contributed by atoms with E-state index in [1.807, 2.05) is 0 Å². The van der Waals surface area contributed by atoms with E-state index in [1.54, 1.807) is 0 Å². The number of rotatable bonds is 11. The first-order valence-electron chi connectivity index (χ1n) is 22.4. The molecule has 0 saturated heterocycles. The van der Waals surface area contributed by atoms with E-state index in [2.05, 4.69) is 234 Å². The third-order valence-electron chi connectivity index (χ3n) is 12.6. The highest BCUT2D eigenvalue weighted by Crippen LogP contribution is 2.40. The van der Waals surface area contributed by atoms with Crippen molar-refractivity contribution < 1.29 is 0 Å². The van der Waals surface area contributed by atoms with Gasteiger partial charge in [0.05, 0.1) is 0 Å². The summed E-state index contributed by atoms with van der Waals surface area (Å²) in [6, 6.07) is 54.5. The molecule has 0 radical (unpaired) electrons. The molecule has 0 aliphatic heterocycles. The van der Waals surface area contributed by atoms with Crippen molar-refractivity contribution in [3.05, 3.63) is 247 Å². The van der Waals surface area contributed by atoms with Crippen LogP contribution in [0.4, 0.5) is 34.1 Å². The van der Waals surface area contributed by atoms with Gasteiger partial charge in [0.2, 0.25) is 0 Å². The van der Waals surface area contributed by atoms with Gasteiger partial charge in [0, 0.05) is 40.0 Å². The van der Waals surface area contributed by atoms with E-state index in [4.69, 9.17) is 0 Å². The Labute approximate surface area is 367 Å². The van der Waals surface area contributed by atoms with Gasteiger partial charge in [-0.15, -0.1) is 0 Å². The lowest BCUT2D eigenvalue weighted by Gasteiger charge is -2.27. The van der Waals surface area contributed by atoms with Crippen LogP contribution in [0.25, 0.3) is 27.8 Å². The van der Waals surface area contributed by atoms with E-state index in [1.165, 1.54) is 50.1 Å². The second kappa shape index (κ2) is 18.2. The second-order valence-corrected chi connectivity index (χ2v) is 16.6. The van der Waals surface area contributed by atoms with Crippen molar-refractivity contribution in [2.45, 2.75) is 50.9 Å². The van der Waals surface area contributed by atoms with Crippen LogP contribution in [0.2, 0.25) is 0 Å². The first-order valence-corrected chi connectivity index (χ1v) is 22.4. The topological polar surface area (TPSA) is 6.48 Å². The van der Waals surface area contributed by atoms with Crippen molar-refractivity contribution in [2.24, 2.45) is 0 Å². The average Bonchev–Trinajstić information content (AvgIpc) is 3.36. The number of hydrogen-bond acceptors (Lipinski definition) is 2. The van der Waals surface area contributed by atoms with Gasteiger partial charge in [0.1, 0.15) is 0 Å². The van der Waals surface area contributed by atoms with Crippen LogP contribution < -0.4 is 9.80 Å². The summed E-state index contributed by atoms with van der Waals surface area (Å²) in [5.74, 6) is 0.419. The molecule has 0 fully saturated rings. The lowest BCUT2D eigenvalue weighted by Crippen LogP contribution is -2.10. The van der Waals surface area contributed by atoms with E-state index >= 15 is 0 Å². The summed E-state index contributed by atoms with van der Waals surface area (Å²) in [5.41, 5.74) is 18.5. The maximum Gasteiger partial charge on any atom is 0.0462 e. The van der Waals surface area contributed by atoms with E-state index in [9.17, 15) is 0 Å². The largest absolute Gasteiger partial charge is 0.311 e. The molecule has 0 spiro atoms. The summed E-state index contributed by atoms with van der Waals surface area (Å²) in [7, 11) is 0. The number of benzene rings is 6. The minimum Gasteiger partial charge on any atom is -0.311 e. The van der Waals surface area contributed by atoms with Crippen LogP contribution in [-0.4, -0.2) is 0 Å². The van der Waals surface area contributed by atoms with Gasteiger partial charge in [-0.05, 0) is 168 Å². The Morgan fingerprint density at radius 3 is 1.18 bits per heavy atom. The van der Waals surface area contributed by atoms with Gasteiger partial charge >= 0.3 is 0 Å². The summed E-state index contributed by atoms with van der Waals surface area (Å²) in [5, 5.41) is 0. The molecular formula is C60H52N2. The maximum atomic E-state index is 2.38. The molecule has 0 bridgehead atoms. The van der Waals surface area contributed by atoms with E-state index in [0.29, 0.717) is 5.92 Å². The molecule has 0 saturated carbocycles. The molecular weight excluding hydrogens is 749 g/mol. The van der Waals surface area contributed by atoms with Crippen LogP contribution in [0.15, 0.2) is 225 Å². The quantitative estimate of drug-likeness (QED) is 0.129. The van der Waals surface area contributed by atoms with Crippen molar-refractivity contribution in [2.75, 3.05) is 9.80 Å². The van der Waals surface area contributed by atoms with E-state index in [-0.39, 0.29) is 0 Å². The predicted octanol–water partition coefficient (Wildman–Crippen LogP) is 17.1. The van der Waals surface area contributed by atoms with Crippen LogP contribution in [0, 0.1) is 0 Å². The second-order valence-electron chi connectivity index (χ2n) is 16.6. The fourth-order valence-electron chi connectivity index (χ4n) is 9.16. The van der Waals surface area contributed by atoms with Crippen molar-refractivity contribution >= 4 is 50.8 Å². The molecule has 0 amide bonds. The molecule has 10 rings (SSSR count). The van der Waals surface area contributed by atoms with Gasteiger partial charge in [-0.3, -0.25) is 0 Å². The maximum absolute atomic E-state index is 2.38. The molecule has 62 heavy (non-hydrogen) atoms. The molecule has 0 heterocycles. The SMILES string of the molecule is C1=CCCC(c2ccc(N(c3ccc(C4=CCCC=C4)cc3)c3ccc(-c4ccc(N(c5ccc(C6=CC=CCC6)cc5)c5ccc(C6C=CC=CC6)cc5)cc4)cc3)cc2)=C1. The summed E-state index contributed by atoms with van der Waals surface area (Å²) in [6.07, 6.45) is 36.7. The normalized spacial score (nSPS) is 16.7. The Hall–Kier alpha value is -7.16. The lowest BCUT2D eigenvalue weighted by molar-refractivity contribution is 0.854. The van der Waals surface area contributed by atoms with Crippen LogP contribution in [0.3, 0.4) is 0 Å². The summed E-state index contributed by atoms with van der Waals surface area (Å²) in [4.78, 5) is 4.75. The van der Waals surface area contributed by atoms with Gasteiger partial charge in [-0.25, -0.2) is 0 Å². The highest BCUT2D eigenvalue weighted by Gasteiger charge is 2.18. The molecule has 0 aromatic heterocycles. The van der Waals surface area contributed by atoms with Crippen LogP contribution in [0.5, 0.6) is 0 Å². The lowest BCUT2D eigenvalue weighted by atomic mass is 9.92. The Kier molecular flexibility index (Phi) is 11.5. The number of anilines is 6. The fraction of sp³-hybridized carbons (Fsp3) is 0.133. The zero-order chi connectivity index (χ0) is 41.5. The van der Waals surface area contributed by atoms with Crippen molar-refractivity contribution in [1.82, 2.24) is 0 Å². The molecule has 1 unspecified atom stereocenters. The molecule has 4 aliphatic carbocycles. The average molecular weight is 801 g/mol. The molecule has 6 aromatic carbocycles. The van der Waals surface area contributed by atoms with Crippen molar-refractivity contribution in [3.8, 4) is 11.1 Å². The Morgan fingerprint density at radius 2 is 0.790 bits per heavy atom. The molecule has 1 atom stereocenters. The van der Waals surface area contributed by atoms with E-state index < -0.39 is 0 Å². The minimum absolute atomic E-state index is 0.419. The number of hydrogen-bond donors (Lipinski definition) is 0. The standard InChI is InChI=1S/C60H52N2/c1-5-13-45(14-6-1)49-21-33-55(34-22-49)61(56-35-23-50(24-36-56)46-15-7-2-8-16-46)59-41-29-53(30-42-59)54-31-43-60(44-32-54)62(57-37-25-51(26-38-57)47-17-9-3-10-18-47)58-39-27-52(28-40-58)48-19-11-4-12-20-48/h1-3,5-7,9,11,13,15,17,19-45H,4,8,10,12,14,16,18H2. The summed E-state index contributed by atoms with van der Waals surface area (Å²) >= 11 is 0. The molecule has 2 nitrogen and oxygen atoms in total. The fourth-order valence-corrected chi connectivity index (χ4v) is 9.16. The molecule has 0 N–H and O–H groups in total. The minimum atomic E-state index is 0.419. The molecule has 2 heteroatoms. The Morgan fingerprint density at radius 1 is 0.355 bits per heavy atom. The predicted molar refractivity (Wildman–Crippen MR) is 266 cm³/mol. The van der Waals surface area contributed by atoms with Gasteiger partial charge < -0.3 is 9.80 Å². The van der Waals surface area contributed by atoms with Gasteiger partial charge in [-0.2, -0.15) is 0 Å². The van der Waals surface area contributed by atoms with Crippen LogP contribution >= 0.6 is 0 Å². The monoisotopic (exact) mass is 800 g/mol. The first kappa shape index (κ1) is 39.0. The third-order valence-corrected chi connectivity index (χ3v) is 12.6. The van der Waals surface area contributed by atoms with Crippen LogP contribution in [-0.2, 0) is 0 Å². The van der Waals surface area contributed by atoms with Crippen molar-refractivity contribution in [1.29, 1.82) is 0 Å². The first-order chi connectivity index (χ1) is 30.7. The molecule has 4 aliphatic rings. The highest BCUT2D eigenvalue weighted by atomic mass is 15.1. The van der Waals surface area contributed by atoms with Gasteiger partial charge in [0.25, 0.3) is 0 Å². The smallest absolute Gasteiger partial charge is 0.0462 e. The highest BCUT2D eigenvalue weighted by molar-refractivity contribution is 5.83. The molecule has 302 valence electrons. The van der Waals surface area contributed by atoms with Crippen molar-refractivity contribution in [3.63, 3.8) is 0 Å². The Balaban J connectivity index is 0.945. The zero-order valence-corrected chi connectivity index (χ0v) is 35.3. The zero-order valence-electron chi connectivity index (χ0n) is 35.3. The van der Waals surface area contributed by atoms with Crippen LogP contribution in [0.1, 0.15) is 73.1 Å². The Bertz CT molecular complexity index is 2750. The number of allylic oxidation sites excluding steroid dienone is 16. The van der Waals surface area contributed by atoms with Gasteiger partial charge in [0.15, 0.2) is 0 Å². The summed E-state index contributed by atoms with van der Waals surface area (Å²) < 4.78 is 0. The number of nitrogens with zero attached hydrogens (tertiary/aromatic N) is 2. The molecule has 6 aromatic rings. The third kappa shape index (κ3) is 8.55. The van der Waals surface area contributed by atoms with E-state index in [0.717, 1.165) is 79.1 Å². The van der Waals surface area contributed by atoms with Gasteiger partial charge in [-0.1, -0.05) is 152 Å².